The van der Waals surface area contributed by atoms with E-state index in [1.54, 1.807) is 0 Å². The predicted molar refractivity (Wildman–Crippen MR) is 286 cm³/mol. The van der Waals surface area contributed by atoms with Gasteiger partial charge in [-0.25, -0.2) is 0 Å². The zero-order chi connectivity index (χ0) is 43.6. The zero-order valence-corrected chi connectivity index (χ0v) is 36.8. The average molecular weight is 856 g/mol. The third-order valence-corrected chi connectivity index (χ3v) is 14.6. The van der Waals surface area contributed by atoms with Crippen molar-refractivity contribution in [2.45, 2.75) is 0 Å². The first kappa shape index (κ1) is 38.2. The van der Waals surface area contributed by atoms with Crippen molar-refractivity contribution in [3.05, 3.63) is 249 Å². The standard InChI is InChI=1S/C64H41NS/c1-2-13-42(14-3-1)52-36-53(50-30-27-43-15-4-5-16-47(43)35-50)38-55(37-52)65(62-24-12-23-59-61-39-48-17-6-7-18-49(48)41-63(61)66-64(59)62)54-33-31-45(32-34-54)44-25-28-46(29-26-44)60-40-51-19-8-9-20-56(51)57-21-10-11-22-58(57)60/h1-41H. The van der Waals surface area contributed by atoms with Crippen LogP contribution in [-0.2, 0) is 0 Å². The van der Waals surface area contributed by atoms with E-state index in [4.69, 9.17) is 0 Å². The van der Waals surface area contributed by atoms with Crippen molar-refractivity contribution in [2.24, 2.45) is 0 Å². The van der Waals surface area contributed by atoms with E-state index < -0.39 is 0 Å². The summed E-state index contributed by atoms with van der Waals surface area (Å²) >= 11 is 1.88. The number of thiophene rings is 1. The van der Waals surface area contributed by atoms with Crippen molar-refractivity contribution in [1.82, 2.24) is 0 Å². The summed E-state index contributed by atoms with van der Waals surface area (Å²) in [4.78, 5) is 2.48. The van der Waals surface area contributed by atoms with E-state index in [0.29, 0.717) is 0 Å². The third-order valence-electron chi connectivity index (χ3n) is 13.4. The third kappa shape index (κ3) is 6.62. The summed E-state index contributed by atoms with van der Waals surface area (Å²) < 4.78 is 2.56. The van der Waals surface area contributed by atoms with Crippen molar-refractivity contribution in [1.29, 1.82) is 0 Å². The van der Waals surface area contributed by atoms with E-state index in [9.17, 15) is 0 Å². The molecule has 0 bridgehead atoms. The normalized spacial score (nSPS) is 11.6. The summed E-state index contributed by atoms with van der Waals surface area (Å²) in [5.74, 6) is 0. The van der Waals surface area contributed by atoms with Gasteiger partial charge in [0.2, 0.25) is 0 Å². The van der Waals surface area contributed by atoms with E-state index in [2.05, 4.69) is 254 Å². The maximum atomic E-state index is 2.48. The molecule has 0 aliphatic heterocycles. The van der Waals surface area contributed by atoms with Gasteiger partial charge in [-0.2, -0.15) is 0 Å². The van der Waals surface area contributed by atoms with Gasteiger partial charge >= 0.3 is 0 Å². The van der Waals surface area contributed by atoms with E-state index >= 15 is 0 Å². The van der Waals surface area contributed by atoms with Gasteiger partial charge in [-0.1, -0.05) is 188 Å². The highest BCUT2D eigenvalue weighted by Crippen LogP contribution is 2.47. The monoisotopic (exact) mass is 855 g/mol. The first-order chi connectivity index (χ1) is 32.7. The van der Waals surface area contributed by atoms with Crippen LogP contribution >= 0.6 is 11.3 Å². The van der Waals surface area contributed by atoms with Crippen molar-refractivity contribution in [3.63, 3.8) is 0 Å². The Labute approximate surface area is 387 Å². The molecule has 2 heteroatoms. The second kappa shape index (κ2) is 15.7. The second-order valence-corrected chi connectivity index (χ2v) is 18.4. The van der Waals surface area contributed by atoms with Crippen molar-refractivity contribution in [2.75, 3.05) is 4.90 Å². The van der Waals surface area contributed by atoms with Gasteiger partial charge in [-0.15, -0.1) is 11.3 Å². The lowest BCUT2D eigenvalue weighted by molar-refractivity contribution is 1.30. The summed E-state index contributed by atoms with van der Waals surface area (Å²) in [7, 11) is 0. The molecule has 13 rings (SSSR count). The summed E-state index contributed by atoms with van der Waals surface area (Å²) in [6.45, 7) is 0. The maximum absolute atomic E-state index is 2.48. The molecule has 1 aromatic heterocycles. The topological polar surface area (TPSA) is 3.24 Å². The number of hydrogen-bond donors (Lipinski definition) is 0. The Morgan fingerprint density at radius 2 is 0.803 bits per heavy atom. The molecule has 13 aromatic rings. The number of nitrogens with zero attached hydrogens (tertiary/aromatic N) is 1. The molecule has 1 nitrogen and oxygen atoms in total. The van der Waals surface area contributed by atoms with Crippen LogP contribution < -0.4 is 4.90 Å². The minimum Gasteiger partial charge on any atom is -0.309 e. The first-order valence-corrected chi connectivity index (χ1v) is 23.5. The molecule has 66 heavy (non-hydrogen) atoms. The minimum absolute atomic E-state index is 1.10. The van der Waals surface area contributed by atoms with Crippen molar-refractivity contribution >= 4 is 91.7 Å². The van der Waals surface area contributed by atoms with Gasteiger partial charge in [0.1, 0.15) is 0 Å². The highest BCUT2D eigenvalue weighted by molar-refractivity contribution is 7.26. The van der Waals surface area contributed by atoms with Crippen LogP contribution in [-0.4, -0.2) is 0 Å². The average Bonchev–Trinajstić information content (AvgIpc) is 3.76. The smallest absolute Gasteiger partial charge is 0.0640 e. The Morgan fingerprint density at radius 1 is 0.258 bits per heavy atom. The summed E-state index contributed by atoms with van der Waals surface area (Å²) in [5, 5.41) is 12.7. The molecule has 0 N–H and O–H groups in total. The Hall–Kier alpha value is -8.30. The molecule has 0 aliphatic rings. The fourth-order valence-electron chi connectivity index (χ4n) is 10.1. The Morgan fingerprint density at radius 3 is 1.56 bits per heavy atom. The van der Waals surface area contributed by atoms with Gasteiger partial charge in [0, 0.05) is 26.8 Å². The van der Waals surface area contributed by atoms with E-state index in [1.807, 2.05) is 11.3 Å². The van der Waals surface area contributed by atoms with Crippen LogP contribution in [0.1, 0.15) is 0 Å². The number of hydrogen-bond acceptors (Lipinski definition) is 2. The molecule has 1 heterocycles. The quantitative estimate of drug-likeness (QED) is 0.144. The molecule has 0 unspecified atom stereocenters. The number of fused-ring (bicyclic) bond motifs is 8. The van der Waals surface area contributed by atoms with Gasteiger partial charge in [0.05, 0.1) is 10.4 Å². The molecule has 0 saturated heterocycles. The molecule has 0 amide bonds. The Bertz CT molecular complexity index is 3980. The first-order valence-electron chi connectivity index (χ1n) is 22.6. The fraction of sp³-hybridized carbons (Fsp3) is 0. The van der Waals surface area contributed by atoms with E-state index in [1.165, 1.54) is 108 Å². The molecule has 0 fully saturated rings. The molecule has 0 radical (unpaired) electrons. The van der Waals surface area contributed by atoms with Gasteiger partial charge in [-0.3, -0.25) is 0 Å². The number of rotatable bonds is 7. The molecular formula is C64H41NS. The van der Waals surface area contributed by atoms with Crippen molar-refractivity contribution < 1.29 is 0 Å². The molecule has 308 valence electrons. The summed E-state index contributed by atoms with van der Waals surface area (Å²) in [5.41, 5.74) is 12.9. The van der Waals surface area contributed by atoms with Crippen LogP contribution in [0.4, 0.5) is 17.1 Å². The maximum Gasteiger partial charge on any atom is 0.0640 e. The van der Waals surface area contributed by atoms with Crippen LogP contribution in [0.2, 0.25) is 0 Å². The molecule has 0 atom stereocenters. The number of anilines is 3. The van der Waals surface area contributed by atoms with E-state index in [-0.39, 0.29) is 0 Å². The molecule has 12 aromatic carbocycles. The zero-order valence-electron chi connectivity index (χ0n) is 36.0. The SMILES string of the molecule is c1ccc(-c2cc(-c3ccc4ccccc4c3)cc(N(c3ccc(-c4ccc(-c5cc6ccccc6c6ccccc56)cc4)cc3)c3cccc4c3sc3cc5ccccc5cc34)c2)cc1. The molecular weight excluding hydrogens is 815 g/mol. The largest absolute Gasteiger partial charge is 0.309 e. The van der Waals surface area contributed by atoms with Gasteiger partial charge in [-0.05, 0) is 148 Å². The lowest BCUT2D eigenvalue weighted by Crippen LogP contribution is -2.10. The van der Waals surface area contributed by atoms with Gasteiger partial charge in [0.25, 0.3) is 0 Å². The van der Waals surface area contributed by atoms with Crippen LogP contribution in [0, 0.1) is 0 Å². The summed E-state index contributed by atoms with van der Waals surface area (Å²) in [6.07, 6.45) is 0. The van der Waals surface area contributed by atoms with E-state index in [0.717, 1.165) is 17.1 Å². The Balaban J connectivity index is 0.966. The van der Waals surface area contributed by atoms with Crippen LogP contribution in [0.3, 0.4) is 0 Å². The van der Waals surface area contributed by atoms with Crippen molar-refractivity contribution in [3.8, 4) is 44.5 Å². The van der Waals surface area contributed by atoms with Crippen LogP contribution in [0.25, 0.3) is 108 Å². The Kier molecular flexibility index (Phi) is 9.11. The molecule has 0 aliphatic carbocycles. The lowest BCUT2D eigenvalue weighted by Gasteiger charge is -2.27. The predicted octanol–water partition coefficient (Wildman–Crippen LogP) is 18.8. The second-order valence-electron chi connectivity index (χ2n) is 17.3. The highest BCUT2D eigenvalue weighted by atomic mass is 32.1. The minimum atomic E-state index is 1.10. The fourth-order valence-corrected chi connectivity index (χ4v) is 11.3. The highest BCUT2D eigenvalue weighted by Gasteiger charge is 2.21. The molecule has 0 saturated carbocycles. The summed E-state index contributed by atoms with van der Waals surface area (Å²) in [6, 6.07) is 91.7. The van der Waals surface area contributed by atoms with Gasteiger partial charge < -0.3 is 4.90 Å². The molecule has 0 spiro atoms. The van der Waals surface area contributed by atoms with Crippen LogP contribution in [0.15, 0.2) is 249 Å². The van der Waals surface area contributed by atoms with Crippen LogP contribution in [0.5, 0.6) is 0 Å². The van der Waals surface area contributed by atoms with Gasteiger partial charge in [0.15, 0.2) is 0 Å². The number of benzene rings is 12. The lowest BCUT2D eigenvalue weighted by atomic mass is 9.92.